The highest BCUT2D eigenvalue weighted by molar-refractivity contribution is 14.3. The van der Waals surface area contributed by atoms with Gasteiger partial charge < -0.3 is 4.74 Å². The Hall–Kier alpha value is 2.03. The first-order valence-corrected chi connectivity index (χ1v) is 7.98. The minimum atomic E-state index is -4.40. The van der Waals surface area contributed by atoms with Crippen molar-refractivity contribution in [3.05, 3.63) is 12.2 Å². The molecule has 16 heavy (non-hydrogen) atoms. The first-order chi connectivity index (χ1) is 7.02. The van der Waals surface area contributed by atoms with E-state index >= 15 is 0 Å². The minimum Gasteiger partial charge on any atom is -0.331 e. The van der Waals surface area contributed by atoms with Crippen LogP contribution in [0.15, 0.2) is 12.2 Å². The van der Waals surface area contributed by atoms with Crippen LogP contribution in [-0.4, -0.2) is 17.2 Å². The summed E-state index contributed by atoms with van der Waals surface area (Å²) >= 11 is 9.34. The maximum absolute atomic E-state index is 12.9. The zero-order valence-corrected chi connectivity index (χ0v) is 15.6. The van der Waals surface area contributed by atoms with Gasteiger partial charge in [-0.3, -0.25) is 0 Å². The van der Waals surface area contributed by atoms with Crippen molar-refractivity contribution in [3.63, 3.8) is 0 Å². The quantitative estimate of drug-likeness (QED) is 0.202. The first-order valence-electron chi connectivity index (χ1n) is 4.11. The lowest BCUT2D eigenvalue weighted by atomic mass is 10.0. The molecule has 0 aromatic heterocycles. The monoisotopic (exact) mass is 592 g/mol. The summed E-state index contributed by atoms with van der Waals surface area (Å²) in [5.41, 5.74) is -2.17. The number of ether oxygens (including phenoxy) is 1. The van der Waals surface area contributed by atoms with Gasteiger partial charge in [0, 0.05) is 12.2 Å². The third-order valence-electron chi connectivity index (χ3n) is 1.72. The van der Waals surface area contributed by atoms with E-state index in [0.29, 0.717) is 5.75 Å². The molecular weight excluding hydrogens is 582 g/mol. The predicted octanol–water partition coefficient (Wildman–Crippen LogP) is 5.12. The number of hydrogen-bond acceptors (Lipinski definition) is 2. The fourth-order valence-corrected chi connectivity index (χ4v) is 2.46. The molecule has 0 aromatic carbocycles. The van der Waals surface area contributed by atoms with E-state index in [1.807, 2.05) is 67.8 Å². The molecule has 0 heterocycles. The zero-order valence-electron chi connectivity index (χ0n) is 8.19. The SMILES string of the molecule is CC(C/C=C/CS)(OC(I)(I)I)C(F)(F)F. The molecule has 0 aliphatic heterocycles. The Morgan fingerprint density at radius 2 is 1.69 bits per heavy atom. The van der Waals surface area contributed by atoms with Gasteiger partial charge >= 0.3 is 6.18 Å². The third kappa shape index (κ3) is 6.83. The van der Waals surface area contributed by atoms with Crippen LogP contribution in [0.5, 0.6) is 0 Å². The number of alkyl halides is 6. The van der Waals surface area contributed by atoms with Gasteiger partial charge in [-0.1, -0.05) is 12.2 Å². The molecule has 0 aliphatic carbocycles. The molecular formula is C8H10F3I3OS. The molecule has 0 radical (unpaired) electrons. The topological polar surface area (TPSA) is 9.23 Å². The molecule has 1 unspecified atom stereocenters. The van der Waals surface area contributed by atoms with Crippen LogP contribution >= 0.6 is 80.4 Å². The fraction of sp³-hybridized carbons (Fsp3) is 0.750. The summed E-state index contributed by atoms with van der Waals surface area (Å²) in [6, 6.07) is 0. The summed E-state index contributed by atoms with van der Waals surface area (Å²) in [5.74, 6) is 0.414. The predicted molar refractivity (Wildman–Crippen MR) is 87.9 cm³/mol. The smallest absolute Gasteiger partial charge is 0.331 e. The molecule has 0 bridgehead atoms. The lowest BCUT2D eigenvalue weighted by molar-refractivity contribution is -0.265. The van der Waals surface area contributed by atoms with Crippen molar-refractivity contribution in [1.29, 1.82) is 0 Å². The minimum absolute atomic E-state index is 0.214. The molecule has 0 N–H and O–H groups in total. The van der Waals surface area contributed by atoms with Crippen molar-refractivity contribution in [2.24, 2.45) is 0 Å². The maximum atomic E-state index is 12.9. The Bertz CT molecular complexity index is 252. The summed E-state index contributed by atoms with van der Waals surface area (Å²) in [4.78, 5) is 0. The molecule has 0 aromatic rings. The van der Waals surface area contributed by atoms with E-state index < -0.39 is 11.4 Å². The molecule has 0 aliphatic rings. The van der Waals surface area contributed by atoms with Crippen LogP contribution in [0.3, 0.4) is 0 Å². The summed E-state index contributed by atoms with van der Waals surface area (Å²) in [7, 11) is 0. The highest BCUT2D eigenvalue weighted by atomic mass is 127. The first kappa shape index (κ1) is 18.0. The molecule has 1 nitrogen and oxygen atoms in total. The van der Waals surface area contributed by atoms with Crippen molar-refractivity contribution in [2.75, 3.05) is 5.75 Å². The van der Waals surface area contributed by atoms with Gasteiger partial charge in [0.1, 0.15) is 0 Å². The average molecular weight is 592 g/mol. The van der Waals surface area contributed by atoms with E-state index in [0.717, 1.165) is 6.92 Å². The molecule has 0 amide bonds. The summed E-state index contributed by atoms with van der Waals surface area (Å²) in [6.45, 7) is 1.06. The standard InChI is InChI=1S/C8H10F3I3OS/c1-6(7(9,10)11,4-2-3-5-16)15-8(12,13)14/h2-3,16H,4-5H2,1H3/b3-2+. The second kappa shape index (κ2) is 6.98. The largest absolute Gasteiger partial charge is 0.417 e. The van der Waals surface area contributed by atoms with Gasteiger partial charge in [-0.2, -0.15) is 25.8 Å². The van der Waals surface area contributed by atoms with E-state index in [2.05, 4.69) is 12.6 Å². The van der Waals surface area contributed by atoms with Crippen LogP contribution in [0.4, 0.5) is 13.2 Å². The summed E-state index contributed by atoms with van der Waals surface area (Å²) < 4.78 is 42.8. The Kier molecular flexibility index (Phi) is 7.87. The fourth-order valence-electron chi connectivity index (χ4n) is 0.853. The van der Waals surface area contributed by atoms with Gasteiger partial charge in [-0.15, -0.1) is 0 Å². The Balaban J connectivity index is 4.83. The number of halogens is 6. The van der Waals surface area contributed by atoms with Gasteiger partial charge in [-0.25, -0.2) is 0 Å². The second-order valence-electron chi connectivity index (χ2n) is 3.13. The Labute approximate surface area is 139 Å². The normalized spacial score (nSPS) is 17.8. The van der Waals surface area contributed by atoms with Crippen molar-refractivity contribution in [3.8, 4) is 0 Å². The van der Waals surface area contributed by atoms with Crippen molar-refractivity contribution >= 4 is 80.4 Å². The third-order valence-corrected chi connectivity index (χ3v) is 2.59. The maximum Gasteiger partial charge on any atom is 0.417 e. The van der Waals surface area contributed by atoms with E-state index in [-0.39, 0.29) is 6.42 Å². The van der Waals surface area contributed by atoms with Crippen LogP contribution in [0.25, 0.3) is 0 Å². The van der Waals surface area contributed by atoms with Crippen LogP contribution in [0, 0.1) is 0 Å². The van der Waals surface area contributed by atoms with Crippen LogP contribution in [0.1, 0.15) is 13.3 Å². The van der Waals surface area contributed by atoms with E-state index in [1.54, 1.807) is 6.08 Å². The Morgan fingerprint density at radius 3 is 2.00 bits per heavy atom. The molecule has 96 valence electrons. The van der Waals surface area contributed by atoms with E-state index in [1.165, 1.54) is 6.08 Å². The highest BCUT2D eigenvalue weighted by Gasteiger charge is 2.54. The van der Waals surface area contributed by atoms with E-state index in [4.69, 9.17) is 4.74 Å². The highest BCUT2D eigenvalue weighted by Crippen LogP contribution is 2.46. The molecule has 0 saturated carbocycles. The van der Waals surface area contributed by atoms with Crippen molar-refractivity contribution in [2.45, 2.75) is 24.7 Å². The van der Waals surface area contributed by atoms with Gasteiger partial charge in [-0.05, 0) is 74.7 Å². The van der Waals surface area contributed by atoms with Crippen LogP contribution in [0.2, 0.25) is 0 Å². The summed E-state index contributed by atoms with van der Waals surface area (Å²) in [6.07, 6.45) is -1.60. The molecule has 0 spiro atoms. The van der Waals surface area contributed by atoms with Gasteiger partial charge in [0.05, 0.1) is 0 Å². The number of hydrogen-bond donors (Lipinski definition) is 1. The lowest BCUT2D eigenvalue weighted by Gasteiger charge is -2.34. The molecule has 0 rings (SSSR count). The van der Waals surface area contributed by atoms with Gasteiger partial charge in [0.15, 0.2) is 5.60 Å². The molecule has 0 saturated heterocycles. The summed E-state index contributed by atoms with van der Waals surface area (Å²) in [5, 5.41) is 0. The molecule has 8 heteroatoms. The molecule has 1 atom stereocenters. The van der Waals surface area contributed by atoms with Crippen molar-refractivity contribution in [1.82, 2.24) is 0 Å². The Morgan fingerprint density at radius 1 is 1.19 bits per heavy atom. The van der Waals surface area contributed by atoms with E-state index in [9.17, 15) is 13.2 Å². The van der Waals surface area contributed by atoms with Gasteiger partial charge in [0.25, 0.3) is 0 Å². The second-order valence-corrected chi connectivity index (χ2v) is 14.2. The van der Waals surface area contributed by atoms with Crippen LogP contribution in [-0.2, 0) is 4.74 Å². The number of thiol groups is 1. The number of rotatable bonds is 5. The lowest BCUT2D eigenvalue weighted by Crippen LogP contribution is -2.46. The van der Waals surface area contributed by atoms with Crippen molar-refractivity contribution < 1.29 is 17.9 Å². The molecule has 0 fully saturated rings. The van der Waals surface area contributed by atoms with Gasteiger partial charge in [0.2, 0.25) is -0.379 Å². The average Bonchev–Trinajstić information content (AvgIpc) is 1.99. The zero-order chi connectivity index (χ0) is 13.0. The van der Waals surface area contributed by atoms with Crippen LogP contribution < -0.4 is 0 Å².